The van der Waals surface area contributed by atoms with Crippen molar-refractivity contribution in [1.82, 2.24) is 10.2 Å². The van der Waals surface area contributed by atoms with Crippen LogP contribution in [0.15, 0.2) is 18.2 Å². The Balaban J connectivity index is 2.43. The molecule has 0 heterocycles. The van der Waals surface area contributed by atoms with E-state index in [2.05, 4.69) is 24.1 Å². The normalized spacial score (nSPS) is 11.1. The summed E-state index contributed by atoms with van der Waals surface area (Å²) in [7, 11) is 3.71. The first-order chi connectivity index (χ1) is 9.08. The molecule has 1 rings (SSSR count). The van der Waals surface area contributed by atoms with E-state index in [-0.39, 0.29) is 5.82 Å². The van der Waals surface area contributed by atoms with Gasteiger partial charge in [-0.2, -0.15) is 0 Å². The van der Waals surface area contributed by atoms with Gasteiger partial charge in [0.2, 0.25) is 0 Å². The Morgan fingerprint density at radius 2 is 1.84 bits per heavy atom. The van der Waals surface area contributed by atoms with Crippen molar-refractivity contribution in [1.29, 1.82) is 0 Å². The molecule has 1 aromatic carbocycles. The van der Waals surface area contributed by atoms with E-state index in [1.165, 1.54) is 6.07 Å². The van der Waals surface area contributed by atoms with E-state index in [1.807, 2.05) is 26.2 Å². The number of nitrogens with zero attached hydrogens (tertiary/aromatic N) is 2. The topological polar surface area (TPSA) is 18.5 Å². The van der Waals surface area contributed by atoms with Crippen LogP contribution in [0, 0.1) is 5.82 Å². The van der Waals surface area contributed by atoms with Crippen LogP contribution in [0.5, 0.6) is 0 Å². The van der Waals surface area contributed by atoms with Gasteiger partial charge in [0, 0.05) is 33.7 Å². The maximum absolute atomic E-state index is 13.5. The summed E-state index contributed by atoms with van der Waals surface area (Å²) in [6.07, 6.45) is 0. The number of nitrogens with one attached hydrogen (secondary N) is 1. The summed E-state index contributed by atoms with van der Waals surface area (Å²) >= 11 is 0. The molecule has 4 heteroatoms. The molecule has 0 saturated carbocycles. The lowest BCUT2D eigenvalue weighted by Crippen LogP contribution is -2.31. The van der Waals surface area contributed by atoms with Crippen LogP contribution in [0.4, 0.5) is 10.1 Å². The van der Waals surface area contributed by atoms with Crippen molar-refractivity contribution >= 4 is 5.69 Å². The fourth-order valence-electron chi connectivity index (χ4n) is 2.02. The predicted octanol–water partition coefficient (Wildman–Crippen LogP) is 2.32. The molecule has 0 bridgehead atoms. The zero-order valence-electron chi connectivity index (χ0n) is 12.5. The van der Waals surface area contributed by atoms with Crippen molar-refractivity contribution in [3.63, 3.8) is 0 Å². The lowest BCUT2D eigenvalue weighted by molar-refractivity contribution is 0.302. The lowest BCUT2D eigenvalue weighted by atomic mass is 10.2. The van der Waals surface area contributed by atoms with Gasteiger partial charge >= 0.3 is 0 Å². The summed E-state index contributed by atoms with van der Waals surface area (Å²) in [5.74, 6) is -0.170. The van der Waals surface area contributed by atoms with Gasteiger partial charge in [0.1, 0.15) is 5.82 Å². The van der Waals surface area contributed by atoms with Gasteiger partial charge < -0.3 is 15.1 Å². The van der Waals surface area contributed by atoms with Gasteiger partial charge in [0.25, 0.3) is 0 Å². The number of hydrogen-bond donors (Lipinski definition) is 1. The Morgan fingerprint density at radius 3 is 2.42 bits per heavy atom. The molecule has 0 saturated heterocycles. The third-order valence-electron chi connectivity index (χ3n) is 3.32. The second kappa shape index (κ2) is 8.12. The molecule has 0 amide bonds. The van der Waals surface area contributed by atoms with Crippen molar-refractivity contribution in [2.45, 2.75) is 20.4 Å². The molecule has 19 heavy (non-hydrogen) atoms. The molecule has 1 N–H and O–H groups in total. The first-order valence-corrected chi connectivity index (χ1v) is 6.97. The highest BCUT2D eigenvalue weighted by Crippen LogP contribution is 2.18. The van der Waals surface area contributed by atoms with Crippen molar-refractivity contribution in [2.75, 3.05) is 45.2 Å². The highest BCUT2D eigenvalue weighted by Gasteiger charge is 2.05. The number of likely N-dealkylation sites (N-methyl/N-ethyl adjacent to an activating group) is 1. The fourth-order valence-corrected chi connectivity index (χ4v) is 2.02. The smallest absolute Gasteiger partial charge is 0.146 e. The summed E-state index contributed by atoms with van der Waals surface area (Å²) in [4.78, 5) is 4.18. The Hall–Kier alpha value is -1.13. The number of anilines is 1. The Morgan fingerprint density at radius 1 is 1.16 bits per heavy atom. The molecule has 3 nitrogen and oxygen atoms in total. The van der Waals surface area contributed by atoms with E-state index in [0.717, 1.165) is 38.3 Å². The Bertz CT molecular complexity index is 376. The van der Waals surface area contributed by atoms with Gasteiger partial charge in [-0.05, 0) is 30.8 Å². The zero-order valence-corrected chi connectivity index (χ0v) is 12.5. The third kappa shape index (κ3) is 5.17. The minimum atomic E-state index is -0.170. The van der Waals surface area contributed by atoms with Gasteiger partial charge in [-0.3, -0.25) is 0 Å². The van der Waals surface area contributed by atoms with Crippen molar-refractivity contribution in [3.8, 4) is 0 Å². The molecule has 0 spiro atoms. The Labute approximate surface area is 116 Å². The minimum absolute atomic E-state index is 0.170. The largest absolute Gasteiger partial charge is 0.375 e. The van der Waals surface area contributed by atoms with Crippen molar-refractivity contribution in [3.05, 3.63) is 29.6 Å². The van der Waals surface area contributed by atoms with Gasteiger partial charge in [0.15, 0.2) is 0 Å². The number of benzene rings is 1. The molecular weight excluding hydrogens is 241 g/mol. The fraction of sp³-hybridized carbons (Fsp3) is 0.600. The first-order valence-electron chi connectivity index (χ1n) is 6.97. The van der Waals surface area contributed by atoms with Crippen LogP contribution in [-0.2, 0) is 6.54 Å². The molecular formula is C15H26FN3. The summed E-state index contributed by atoms with van der Waals surface area (Å²) in [6.45, 7) is 9.30. The minimum Gasteiger partial charge on any atom is -0.375 e. The number of rotatable bonds is 8. The second-order valence-electron chi connectivity index (χ2n) is 4.88. The Kier molecular flexibility index (Phi) is 6.81. The molecule has 0 unspecified atom stereocenters. The van der Waals surface area contributed by atoms with E-state index in [4.69, 9.17) is 0 Å². The van der Waals surface area contributed by atoms with Crippen molar-refractivity contribution < 1.29 is 4.39 Å². The predicted molar refractivity (Wildman–Crippen MR) is 80.2 cm³/mol. The van der Waals surface area contributed by atoms with Gasteiger partial charge in [-0.25, -0.2) is 4.39 Å². The van der Waals surface area contributed by atoms with Gasteiger partial charge in [-0.15, -0.1) is 0 Å². The van der Waals surface area contributed by atoms with E-state index in [9.17, 15) is 4.39 Å². The van der Waals surface area contributed by atoms with E-state index in [1.54, 1.807) is 4.90 Å². The van der Waals surface area contributed by atoms with Gasteiger partial charge in [-0.1, -0.05) is 19.9 Å². The molecule has 1 aromatic rings. The summed E-state index contributed by atoms with van der Waals surface area (Å²) in [6, 6.07) is 5.28. The zero-order chi connectivity index (χ0) is 14.3. The first kappa shape index (κ1) is 15.9. The number of hydrogen-bond acceptors (Lipinski definition) is 3. The average Bonchev–Trinajstić information content (AvgIpc) is 2.40. The quantitative estimate of drug-likeness (QED) is 0.729. The third-order valence-corrected chi connectivity index (χ3v) is 3.32. The van der Waals surface area contributed by atoms with Crippen LogP contribution in [0.25, 0.3) is 0 Å². The summed E-state index contributed by atoms with van der Waals surface area (Å²) in [5, 5.41) is 3.40. The molecule has 0 aliphatic rings. The van der Waals surface area contributed by atoms with E-state index in [0.29, 0.717) is 5.69 Å². The lowest BCUT2D eigenvalue weighted by Gasteiger charge is -2.18. The summed E-state index contributed by atoms with van der Waals surface area (Å²) in [5.41, 5.74) is 1.76. The number of halogens is 1. The standard InChI is InChI=1S/C15H26FN3/c1-5-19(6-2)10-9-17-12-13-7-8-14(16)15(11-13)18(3)4/h7-8,11,17H,5-6,9-10,12H2,1-4H3. The van der Waals surface area contributed by atoms with Gasteiger partial charge in [0.05, 0.1) is 5.69 Å². The highest BCUT2D eigenvalue weighted by atomic mass is 19.1. The van der Waals surface area contributed by atoms with Crippen LogP contribution in [-0.4, -0.2) is 45.2 Å². The average molecular weight is 267 g/mol. The molecule has 0 aliphatic carbocycles. The molecule has 0 aromatic heterocycles. The monoisotopic (exact) mass is 267 g/mol. The molecule has 108 valence electrons. The second-order valence-corrected chi connectivity index (χ2v) is 4.88. The van der Waals surface area contributed by atoms with Crippen LogP contribution < -0.4 is 10.2 Å². The summed E-state index contributed by atoms with van der Waals surface area (Å²) < 4.78 is 13.5. The van der Waals surface area contributed by atoms with Crippen LogP contribution in [0.3, 0.4) is 0 Å². The molecule has 0 atom stereocenters. The molecule has 0 fully saturated rings. The highest BCUT2D eigenvalue weighted by molar-refractivity contribution is 5.48. The molecule has 0 aliphatic heterocycles. The van der Waals surface area contributed by atoms with Crippen molar-refractivity contribution in [2.24, 2.45) is 0 Å². The van der Waals surface area contributed by atoms with Crippen LogP contribution in [0.2, 0.25) is 0 Å². The maximum Gasteiger partial charge on any atom is 0.146 e. The van der Waals surface area contributed by atoms with Crippen LogP contribution >= 0.6 is 0 Å². The maximum atomic E-state index is 13.5. The van der Waals surface area contributed by atoms with Crippen LogP contribution in [0.1, 0.15) is 19.4 Å². The molecule has 0 radical (unpaired) electrons. The van der Waals surface area contributed by atoms with E-state index >= 15 is 0 Å². The SMILES string of the molecule is CCN(CC)CCNCc1ccc(F)c(N(C)C)c1. The van der Waals surface area contributed by atoms with E-state index < -0.39 is 0 Å².